The predicted molar refractivity (Wildman–Crippen MR) is 78.3 cm³/mol. The average molecular weight is 262 g/mol. The summed E-state index contributed by atoms with van der Waals surface area (Å²) < 4.78 is 0. The van der Waals surface area contributed by atoms with Gasteiger partial charge in [0.1, 0.15) is 6.33 Å². The van der Waals surface area contributed by atoms with Crippen LogP contribution in [-0.2, 0) is 0 Å². The van der Waals surface area contributed by atoms with Crippen LogP contribution >= 0.6 is 0 Å². The first kappa shape index (κ1) is 13.6. The zero-order valence-corrected chi connectivity index (χ0v) is 10.9. The van der Waals surface area contributed by atoms with Gasteiger partial charge in [0, 0.05) is 23.5 Å². The van der Waals surface area contributed by atoms with Crippen LogP contribution in [0, 0.1) is 0 Å². The molecule has 0 unspecified atom stereocenters. The van der Waals surface area contributed by atoms with Crippen molar-refractivity contribution >= 4 is 5.78 Å². The Morgan fingerprint density at radius 1 is 0.650 bits per heavy atom. The van der Waals surface area contributed by atoms with Crippen LogP contribution in [0.5, 0.6) is 0 Å². The summed E-state index contributed by atoms with van der Waals surface area (Å²) in [5.74, 6) is 0.0752. The van der Waals surface area contributed by atoms with Gasteiger partial charge >= 0.3 is 0 Å². The standard InChI is InChI=1S/C13H10O.C4H4N2/c14-13(11-7-3-1-4-8-11)12-9-5-2-6-10-12;1-2-5-4-6-3-1/h1-10H;1-4H. The maximum Gasteiger partial charge on any atom is 0.193 e. The van der Waals surface area contributed by atoms with Crippen LogP contribution in [0.4, 0.5) is 0 Å². The third-order valence-electron chi connectivity index (χ3n) is 2.55. The summed E-state index contributed by atoms with van der Waals surface area (Å²) in [7, 11) is 0. The summed E-state index contributed by atoms with van der Waals surface area (Å²) in [6.45, 7) is 0. The molecule has 98 valence electrons. The first-order valence-corrected chi connectivity index (χ1v) is 6.22. The van der Waals surface area contributed by atoms with Crippen molar-refractivity contribution in [2.45, 2.75) is 0 Å². The van der Waals surface area contributed by atoms with Crippen molar-refractivity contribution in [2.24, 2.45) is 0 Å². The molecular formula is C17H14N2O. The highest BCUT2D eigenvalue weighted by molar-refractivity contribution is 6.08. The SMILES string of the molecule is O=C(c1ccccc1)c1ccccc1.c1cncnc1. The van der Waals surface area contributed by atoms with Crippen LogP contribution in [0.1, 0.15) is 15.9 Å². The minimum atomic E-state index is 0.0752. The minimum absolute atomic E-state index is 0.0752. The third kappa shape index (κ3) is 4.14. The summed E-state index contributed by atoms with van der Waals surface area (Å²) in [6.07, 6.45) is 4.88. The molecule has 0 saturated carbocycles. The van der Waals surface area contributed by atoms with Gasteiger partial charge in [-0.15, -0.1) is 0 Å². The zero-order valence-electron chi connectivity index (χ0n) is 10.9. The Balaban J connectivity index is 0.000000205. The van der Waals surface area contributed by atoms with Crippen molar-refractivity contribution in [1.82, 2.24) is 9.97 Å². The maximum atomic E-state index is 11.8. The summed E-state index contributed by atoms with van der Waals surface area (Å²) in [5, 5.41) is 0. The Hall–Kier alpha value is -2.81. The Morgan fingerprint density at radius 2 is 1.10 bits per heavy atom. The summed E-state index contributed by atoms with van der Waals surface area (Å²) in [6, 6.07) is 20.4. The Bertz CT molecular complexity index is 557. The molecule has 0 aliphatic carbocycles. The highest BCUT2D eigenvalue weighted by Gasteiger charge is 2.06. The fourth-order valence-electron chi connectivity index (χ4n) is 1.60. The van der Waals surface area contributed by atoms with E-state index in [4.69, 9.17) is 0 Å². The monoisotopic (exact) mass is 262 g/mol. The van der Waals surface area contributed by atoms with Crippen molar-refractivity contribution in [3.05, 3.63) is 96.6 Å². The molecule has 20 heavy (non-hydrogen) atoms. The van der Waals surface area contributed by atoms with Crippen molar-refractivity contribution in [1.29, 1.82) is 0 Å². The molecule has 0 bridgehead atoms. The molecule has 3 rings (SSSR count). The number of carbonyl (C=O) groups excluding carboxylic acids is 1. The number of ketones is 1. The number of hydrogen-bond donors (Lipinski definition) is 0. The first-order valence-electron chi connectivity index (χ1n) is 6.22. The van der Waals surface area contributed by atoms with Crippen molar-refractivity contribution < 1.29 is 4.79 Å². The molecule has 3 aromatic rings. The number of carbonyl (C=O) groups is 1. The summed E-state index contributed by atoms with van der Waals surface area (Å²) in [4.78, 5) is 19.2. The van der Waals surface area contributed by atoms with Gasteiger partial charge in [-0.2, -0.15) is 0 Å². The van der Waals surface area contributed by atoms with E-state index in [0.29, 0.717) is 0 Å². The molecule has 0 N–H and O–H groups in total. The van der Waals surface area contributed by atoms with Crippen LogP contribution in [0.3, 0.4) is 0 Å². The van der Waals surface area contributed by atoms with Crippen LogP contribution in [0.2, 0.25) is 0 Å². The van der Waals surface area contributed by atoms with Gasteiger partial charge < -0.3 is 0 Å². The molecule has 0 spiro atoms. The van der Waals surface area contributed by atoms with Gasteiger partial charge in [0.05, 0.1) is 0 Å². The number of rotatable bonds is 2. The zero-order chi connectivity index (χ0) is 14.0. The Kier molecular flexibility index (Phi) is 5.17. The average Bonchev–Trinajstić information content (AvgIpc) is 2.58. The molecule has 0 amide bonds. The first-order chi connectivity index (χ1) is 9.88. The lowest BCUT2D eigenvalue weighted by molar-refractivity contribution is 0.103. The van der Waals surface area contributed by atoms with E-state index in [-0.39, 0.29) is 5.78 Å². The fraction of sp³-hybridized carbons (Fsp3) is 0. The van der Waals surface area contributed by atoms with Crippen LogP contribution in [0.25, 0.3) is 0 Å². The van der Waals surface area contributed by atoms with Crippen LogP contribution in [-0.4, -0.2) is 15.8 Å². The smallest absolute Gasteiger partial charge is 0.193 e. The second-order valence-electron chi connectivity index (χ2n) is 3.97. The molecule has 1 heterocycles. The van der Waals surface area contributed by atoms with E-state index in [1.807, 2.05) is 60.7 Å². The number of nitrogens with zero attached hydrogens (tertiary/aromatic N) is 2. The summed E-state index contributed by atoms with van der Waals surface area (Å²) >= 11 is 0. The van der Waals surface area contributed by atoms with Crippen molar-refractivity contribution in [3.63, 3.8) is 0 Å². The molecule has 2 aromatic carbocycles. The van der Waals surface area contributed by atoms with Crippen LogP contribution < -0.4 is 0 Å². The molecular weight excluding hydrogens is 248 g/mol. The number of benzene rings is 2. The molecule has 3 heteroatoms. The molecule has 3 nitrogen and oxygen atoms in total. The number of aromatic nitrogens is 2. The van der Waals surface area contributed by atoms with Crippen LogP contribution in [0.15, 0.2) is 85.5 Å². The molecule has 0 aliphatic heterocycles. The Morgan fingerprint density at radius 3 is 1.40 bits per heavy atom. The lowest BCUT2D eigenvalue weighted by atomic mass is 10.0. The van der Waals surface area contributed by atoms with Gasteiger partial charge in [-0.3, -0.25) is 4.79 Å². The topological polar surface area (TPSA) is 42.9 Å². The molecule has 0 aliphatic rings. The lowest BCUT2D eigenvalue weighted by Crippen LogP contribution is -1.99. The van der Waals surface area contributed by atoms with Gasteiger partial charge in [0.25, 0.3) is 0 Å². The van der Waals surface area contributed by atoms with E-state index in [2.05, 4.69) is 9.97 Å². The van der Waals surface area contributed by atoms with E-state index < -0.39 is 0 Å². The largest absolute Gasteiger partial charge is 0.289 e. The van der Waals surface area contributed by atoms with Crippen molar-refractivity contribution in [3.8, 4) is 0 Å². The molecule has 0 atom stereocenters. The minimum Gasteiger partial charge on any atom is -0.289 e. The third-order valence-corrected chi connectivity index (χ3v) is 2.55. The number of hydrogen-bond acceptors (Lipinski definition) is 3. The molecule has 0 radical (unpaired) electrons. The second kappa shape index (κ2) is 7.59. The van der Waals surface area contributed by atoms with Gasteiger partial charge in [-0.25, -0.2) is 9.97 Å². The van der Waals surface area contributed by atoms with E-state index in [1.165, 1.54) is 6.33 Å². The van der Waals surface area contributed by atoms with E-state index in [0.717, 1.165) is 11.1 Å². The molecule has 1 aromatic heterocycles. The van der Waals surface area contributed by atoms with Gasteiger partial charge in [-0.1, -0.05) is 60.7 Å². The quantitative estimate of drug-likeness (QED) is 0.665. The molecule has 0 saturated heterocycles. The normalized spacial score (nSPS) is 9.20. The van der Waals surface area contributed by atoms with Gasteiger partial charge in [0.2, 0.25) is 0 Å². The van der Waals surface area contributed by atoms with Crippen molar-refractivity contribution in [2.75, 3.05) is 0 Å². The van der Waals surface area contributed by atoms with E-state index >= 15 is 0 Å². The highest BCUT2D eigenvalue weighted by Crippen LogP contribution is 2.08. The van der Waals surface area contributed by atoms with Gasteiger partial charge in [0.15, 0.2) is 5.78 Å². The Labute approximate surface area is 118 Å². The van der Waals surface area contributed by atoms with Gasteiger partial charge in [-0.05, 0) is 6.07 Å². The summed E-state index contributed by atoms with van der Waals surface area (Å²) in [5.41, 5.74) is 1.47. The molecule has 0 fully saturated rings. The predicted octanol–water partition coefficient (Wildman–Crippen LogP) is 3.39. The second-order valence-corrected chi connectivity index (χ2v) is 3.97. The van der Waals surface area contributed by atoms with E-state index in [9.17, 15) is 4.79 Å². The maximum absolute atomic E-state index is 11.8. The fourth-order valence-corrected chi connectivity index (χ4v) is 1.60. The van der Waals surface area contributed by atoms with E-state index in [1.54, 1.807) is 18.5 Å². The highest BCUT2D eigenvalue weighted by atomic mass is 16.1. The lowest BCUT2D eigenvalue weighted by Gasteiger charge is -1.99.